The maximum Gasteiger partial charge on any atom is 0.221 e. The highest BCUT2D eigenvalue weighted by Crippen LogP contribution is 2.49. The van der Waals surface area contributed by atoms with Gasteiger partial charge in [0.1, 0.15) is 17.9 Å². The van der Waals surface area contributed by atoms with Crippen LogP contribution in [0.4, 0.5) is 0 Å². The average molecular weight is 408 g/mol. The van der Waals surface area contributed by atoms with Gasteiger partial charge in [-0.1, -0.05) is 24.6 Å². The summed E-state index contributed by atoms with van der Waals surface area (Å²) in [6.45, 7) is 8.83. The first kappa shape index (κ1) is 21.1. The highest BCUT2D eigenvalue weighted by atomic mass is 35.5. The molecule has 0 unspecified atom stereocenters. The fourth-order valence-electron chi connectivity index (χ4n) is 4.63. The number of halogens is 1. The van der Waals surface area contributed by atoms with Gasteiger partial charge >= 0.3 is 0 Å². The molecule has 1 aromatic carbocycles. The molecule has 2 heterocycles. The Balaban J connectivity index is 0.00000225. The molecule has 0 spiro atoms. The Hall–Kier alpha value is -1.63. The number of nitrogens with zero attached hydrogens (tertiary/aromatic N) is 1. The third kappa shape index (κ3) is 3.91. The average Bonchev–Trinajstić information content (AvgIpc) is 2.96. The van der Waals surface area contributed by atoms with Crippen LogP contribution in [0.5, 0.6) is 5.75 Å². The van der Waals surface area contributed by atoms with E-state index in [2.05, 4.69) is 35.4 Å². The van der Waals surface area contributed by atoms with Crippen LogP contribution in [0.1, 0.15) is 37.3 Å². The van der Waals surface area contributed by atoms with Gasteiger partial charge in [-0.25, -0.2) is 0 Å². The SMILES string of the molecule is Cc1ccc2c(c1)[C@]1(C)CCC(=O)[C@H](NC(=O)CCN3CCNCC3)[C@@H]1O2.Cl. The number of hydrogen-bond donors (Lipinski definition) is 2. The van der Waals surface area contributed by atoms with E-state index in [9.17, 15) is 9.59 Å². The van der Waals surface area contributed by atoms with E-state index in [0.717, 1.165) is 44.9 Å². The smallest absolute Gasteiger partial charge is 0.221 e. The van der Waals surface area contributed by atoms with Gasteiger partial charge in [-0.15, -0.1) is 12.4 Å². The Morgan fingerprint density at radius 1 is 1.36 bits per heavy atom. The van der Waals surface area contributed by atoms with Gasteiger partial charge in [-0.3, -0.25) is 9.59 Å². The highest BCUT2D eigenvalue weighted by molar-refractivity contribution is 5.91. The van der Waals surface area contributed by atoms with Crippen molar-refractivity contribution in [1.82, 2.24) is 15.5 Å². The summed E-state index contributed by atoms with van der Waals surface area (Å²) in [5.74, 6) is 0.868. The van der Waals surface area contributed by atoms with E-state index in [4.69, 9.17) is 4.74 Å². The molecule has 1 aromatic rings. The molecule has 1 aliphatic carbocycles. The summed E-state index contributed by atoms with van der Waals surface area (Å²) in [6, 6.07) is 5.62. The summed E-state index contributed by atoms with van der Waals surface area (Å²) >= 11 is 0. The van der Waals surface area contributed by atoms with Crippen LogP contribution in [0.2, 0.25) is 0 Å². The van der Waals surface area contributed by atoms with E-state index < -0.39 is 6.04 Å². The summed E-state index contributed by atoms with van der Waals surface area (Å²) in [5.41, 5.74) is 2.12. The van der Waals surface area contributed by atoms with Gasteiger partial charge in [0, 0.05) is 56.5 Å². The Morgan fingerprint density at radius 3 is 2.86 bits per heavy atom. The first-order valence-electron chi connectivity index (χ1n) is 10.0. The van der Waals surface area contributed by atoms with Gasteiger partial charge in [-0.05, 0) is 19.4 Å². The highest BCUT2D eigenvalue weighted by Gasteiger charge is 2.54. The van der Waals surface area contributed by atoms with Gasteiger partial charge in [0.15, 0.2) is 5.78 Å². The van der Waals surface area contributed by atoms with E-state index in [0.29, 0.717) is 12.8 Å². The lowest BCUT2D eigenvalue weighted by molar-refractivity contribution is -0.133. The number of benzene rings is 1. The Labute approximate surface area is 172 Å². The second-order valence-corrected chi connectivity index (χ2v) is 8.31. The topological polar surface area (TPSA) is 70.7 Å². The molecule has 6 nitrogen and oxygen atoms in total. The number of carbonyl (C=O) groups is 2. The van der Waals surface area contributed by atoms with Crippen molar-refractivity contribution in [3.05, 3.63) is 29.3 Å². The summed E-state index contributed by atoms with van der Waals surface area (Å²) < 4.78 is 6.19. The molecule has 0 bridgehead atoms. The van der Waals surface area contributed by atoms with Crippen LogP contribution in [-0.2, 0) is 15.0 Å². The molecule has 1 saturated carbocycles. The Morgan fingerprint density at radius 2 is 2.11 bits per heavy atom. The second kappa shape index (κ2) is 8.39. The minimum absolute atomic E-state index is 0. The third-order valence-corrected chi connectivity index (χ3v) is 6.35. The zero-order chi connectivity index (χ0) is 19.0. The molecule has 3 aliphatic rings. The van der Waals surface area contributed by atoms with Crippen LogP contribution in [0.15, 0.2) is 18.2 Å². The molecule has 1 amide bonds. The molecular formula is C21H30ClN3O3. The molecule has 1 saturated heterocycles. The zero-order valence-electron chi connectivity index (χ0n) is 16.6. The Kier molecular flexibility index (Phi) is 6.32. The van der Waals surface area contributed by atoms with Gasteiger partial charge < -0.3 is 20.3 Å². The lowest BCUT2D eigenvalue weighted by Gasteiger charge is -2.39. The Bertz CT molecular complexity index is 750. The van der Waals surface area contributed by atoms with Crippen LogP contribution >= 0.6 is 12.4 Å². The van der Waals surface area contributed by atoms with E-state index in [1.807, 2.05) is 12.1 Å². The third-order valence-electron chi connectivity index (χ3n) is 6.35. The number of fused-ring (bicyclic) bond motifs is 3. The number of ketones is 1. The molecule has 0 aromatic heterocycles. The molecular weight excluding hydrogens is 378 g/mol. The normalized spacial score (nSPS) is 29.3. The van der Waals surface area contributed by atoms with Gasteiger partial charge in [0.25, 0.3) is 0 Å². The van der Waals surface area contributed by atoms with Gasteiger partial charge in [-0.2, -0.15) is 0 Å². The maximum absolute atomic E-state index is 12.6. The van der Waals surface area contributed by atoms with Crippen LogP contribution in [0.25, 0.3) is 0 Å². The maximum atomic E-state index is 12.6. The van der Waals surface area contributed by atoms with Crippen molar-refractivity contribution >= 4 is 24.1 Å². The van der Waals surface area contributed by atoms with E-state index in [1.54, 1.807) is 0 Å². The van der Waals surface area contributed by atoms with Crippen molar-refractivity contribution < 1.29 is 14.3 Å². The first-order chi connectivity index (χ1) is 13.0. The number of ether oxygens (including phenoxy) is 1. The van der Waals surface area contributed by atoms with E-state index in [-0.39, 0.29) is 35.6 Å². The minimum Gasteiger partial charge on any atom is -0.487 e. The quantitative estimate of drug-likeness (QED) is 0.793. The van der Waals surface area contributed by atoms with Crippen LogP contribution < -0.4 is 15.4 Å². The number of aryl methyl sites for hydroxylation is 1. The van der Waals surface area contributed by atoms with Gasteiger partial charge in [0.05, 0.1) is 0 Å². The molecule has 2 aliphatic heterocycles. The summed E-state index contributed by atoms with van der Waals surface area (Å²) in [5, 5.41) is 6.31. The molecule has 7 heteroatoms. The molecule has 2 N–H and O–H groups in total. The fourth-order valence-corrected chi connectivity index (χ4v) is 4.63. The number of rotatable bonds is 4. The predicted octanol–water partition coefficient (Wildman–Crippen LogP) is 1.58. The summed E-state index contributed by atoms with van der Waals surface area (Å²) in [7, 11) is 0. The molecule has 154 valence electrons. The van der Waals surface area contributed by atoms with E-state index >= 15 is 0 Å². The van der Waals surface area contributed by atoms with E-state index in [1.165, 1.54) is 11.1 Å². The van der Waals surface area contributed by atoms with Crippen molar-refractivity contribution in [2.75, 3.05) is 32.7 Å². The zero-order valence-corrected chi connectivity index (χ0v) is 17.4. The number of Topliss-reactive ketones (excluding diaryl/α,β-unsaturated/α-hetero) is 1. The lowest BCUT2D eigenvalue weighted by Crippen LogP contribution is -2.59. The summed E-state index contributed by atoms with van der Waals surface area (Å²) in [4.78, 5) is 27.5. The second-order valence-electron chi connectivity index (χ2n) is 8.31. The number of amides is 1. The van der Waals surface area contributed by atoms with Crippen LogP contribution in [0.3, 0.4) is 0 Å². The molecule has 0 radical (unpaired) electrons. The molecule has 28 heavy (non-hydrogen) atoms. The summed E-state index contributed by atoms with van der Waals surface area (Å²) in [6.07, 6.45) is 1.34. The monoisotopic (exact) mass is 407 g/mol. The van der Waals surface area contributed by atoms with Crippen molar-refractivity contribution in [3.8, 4) is 5.75 Å². The number of piperazine rings is 1. The van der Waals surface area contributed by atoms with Crippen molar-refractivity contribution in [3.63, 3.8) is 0 Å². The lowest BCUT2D eigenvalue weighted by atomic mass is 9.67. The first-order valence-corrected chi connectivity index (χ1v) is 10.0. The van der Waals surface area contributed by atoms with Crippen molar-refractivity contribution in [1.29, 1.82) is 0 Å². The molecule has 2 fully saturated rings. The minimum atomic E-state index is -0.563. The van der Waals surface area contributed by atoms with Crippen molar-refractivity contribution in [2.45, 2.75) is 50.7 Å². The predicted molar refractivity (Wildman–Crippen MR) is 110 cm³/mol. The number of carbonyl (C=O) groups excluding carboxylic acids is 2. The van der Waals surface area contributed by atoms with Crippen molar-refractivity contribution in [2.24, 2.45) is 0 Å². The number of nitrogens with one attached hydrogen (secondary N) is 2. The molecule has 3 atom stereocenters. The largest absolute Gasteiger partial charge is 0.487 e. The van der Waals surface area contributed by atoms with Crippen LogP contribution in [-0.4, -0.2) is 61.5 Å². The number of hydrogen-bond acceptors (Lipinski definition) is 5. The van der Waals surface area contributed by atoms with Gasteiger partial charge in [0.2, 0.25) is 5.91 Å². The van der Waals surface area contributed by atoms with Crippen LogP contribution in [0, 0.1) is 6.92 Å². The fraction of sp³-hybridized carbons (Fsp3) is 0.619. The standard InChI is InChI=1S/C21H29N3O3.ClH/c1-14-3-4-17-15(13-14)21(2)7-5-16(25)19(20(21)27-17)23-18(26)6-10-24-11-8-22-9-12-24;/h3-4,13,19-20,22H,5-12H2,1-2H3,(H,23,26);1H/t19-,20-,21-;/m0./s1. The molecule has 4 rings (SSSR count).